The van der Waals surface area contributed by atoms with Crippen LogP contribution in [0.4, 0.5) is 5.69 Å². The maximum atomic E-state index is 12.6. The summed E-state index contributed by atoms with van der Waals surface area (Å²) >= 11 is 0. The van der Waals surface area contributed by atoms with Crippen molar-refractivity contribution in [3.63, 3.8) is 0 Å². The lowest BCUT2D eigenvalue weighted by molar-refractivity contribution is -0.126. The molecule has 0 aromatic heterocycles. The van der Waals surface area contributed by atoms with Gasteiger partial charge in [-0.3, -0.25) is 9.59 Å². The molecule has 0 aliphatic heterocycles. The van der Waals surface area contributed by atoms with Gasteiger partial charge in [0.1, 0.15) is 0 Å². The van der Waals surface area contributed by atoms with Crippen molar-refractivity contribution in [3.05, 3.63) is 65.7 Å². The predicted octanol–water partition coefficient (Wildman–Crippen LogP) is 3.15. The maximum Gasteiger partial charge on any atom is 0.258 e. The average molecular weight is 326 g/mol. The minimum atomic E-state index is -0.743. The summed E-state index contributed by atoms with van der Waals surface area (Å²) in [6, 6.07) is 16.1. The number of benzene rings is 2. The number of rotatable bonds is 6. The summed E-state index contributed by atoms with van der Waals surface area (Å²) in [6.07, 6.45) is -0.743. The van der Waals surface area contributed by atoms with Gasteiger partial charge >= 0.3 is 0 Å². The molecule has 2 aromatic carbocycles. The third kappa shape index (κ3) is 4.43. The van der Waals surface area contributed by atoms with Gasteiger partial charge in [-0.1, -0.05) is 42.5 Å². The van der Waals surface area contributed by atoms with Crippen molar-refractivity contribution < 1.29 is 14.3 Å². The molecule has 0 unspecified atom stereocenters. The van der Waals surface area contributed by atoms with E-state index in [0.29, 0.717) is 11.3 Å². The summed E-state index contributed by atoms with van der Waals surface area (Å²) < 4.78 is 5.32. The largest absolute Gasteiger partial charge is 0.367 e. The number of ether oxygens (including phenoxy) is 1. The van der Waals surface area contributed by atoms with Gasteiger partial charge in [0.05, 0.1) is 11.3 Å². The van der Waals surface area contributed by atoms with E-state index in [2.05, 4.69) is 10.6 Å². The topological polar surface area (TPSA) is 67.4 Å². The monoisotopic (exact) mass is 326 g/mol. The SMILES string of the molecule is CO[C@H](C(=O)Nc1ccccc1C(=O)NC(C)C)c1ccccc1. The van der Waals surface area contributed by atoms with Gasteiger partial charge in [-0.2, -0.15) is 0 Å². The van der Waals surface area contributed by atoms with Crippen LogP contribution in [0.15, 0.2) is 54.6 Å². The van der Waals surface area contributed by atoms with E-state index in [1.165, 1.54) is 7.11 Å². The lowest BCUT2D eigenvalue weighted by Crippen LogP contribution is -2.31. The van der Waals surface area contributed by atoms with Crippen molar-refractivity contribution in [2.45, 2.75) is 26.0 Å². The Morgan fingerprint density at radius 1 is 0.958 bits per heavy atom. The zero-order valence-electron chi connectivity index (χ0n) is 14.1. The maximum absolute atomic E-state index is 12.6. The van der Waals surface area contributed by atoms with Gasteiger partial charge in [-0.05, 0) is 31.5 Å². The molecule has 0 aliphatic carbocycles. The van der Waals surface area contributed by atoms with Crippen LogP contribution in [0.5, 0.6) is 0 Å². The second-order valence-corrected chi connectivity index (χ2v) is 5.69. The zero-order valence-corrected chi connectivity index (χ0v) is 14.1. The van der Waals surface area contributed by atoms with E-state index in [0.717, 1.165) is 5.56 Å². The van der Waals surface area contributed by atoms with E-state index in [1.54, 1.807) is 24.3 Å². The first-order chi connectivity index (χ1) is 11.5. The average Bonchev–Trinajstić information content (AvgIpc) is 2.56. The zero-order chi connectivity index (χ0) is 17.5. The lowest BCUT2D eigenvalue weighted by atomic mass is 10.1. The molecule has 5 nitrogen and oxygen atoms in total. The molecule has 0 saturated carbocycles. The van der Waals surface area contributed by atoms with Crippen LogP contribution in [0, 0.1) is 0 Å². The van der Waals surface area contributed by atoms with Crippen LogP contribution < -0.4 is 10.6 Å². The van der Waals surface area contributed by atoms with Crippen molar-refractivity contribution in [3.8, 4) is 0 Å². The molecule has 2 amide bonds. The van der Waals surface area contributed by atoms with Crippen molar-refractivity contribution >= 4 is 17.5 Å². The third-order valence-corrected chi connectivity index (χ3v) is 3.43. The summed E-state index contributed by atoms with van der Waals surface area (Å²) in [6.45, 7) is 3.77. The van der Waals surface area contributed by atoms with Gasteiger partial charge < -0.3 is 15.4 Å². The van der Waals surface area contributed by atoms with Gasteiger partial charge in [-0.15, -0.1) is 0 Å². The lowest BCUT2D eigenvalue weighted by Gasteiger charge is -2.17. The molecule has 0 spiro atoms. The van der Waals surface area contributed by atoms with E-state index in [1.807, 2.05) is 44.2 Å². The van der Waals surface area contributed by atoms with Crippen LogP contribution in [0.1, 0.15) is 35.9 Å². The Hall–Kier alpha value is -2.66. The summed E-state index contributed by atoms with van der Waals surface area (Å²) in [5.74, 6) is -0.553. The molecular formula is C19H22N2O3. The van der Waals surface area contributed by atoms with Crippen LogP contribution in [0.2, 0.25) is 0 Å². The van der Waals surface area contributed by atoms with Crippen LogP contribution in [-0.2, 0) is 9.53 Å². The van der Waals surface area contributed by atoms with Crippen molar-refractivity contribution in [2.24, 2.45) is 0 Å². The molecule has 2 aromatic rings. The van der Waals surface area contributed by atoms with E-state index in [9.17, 15) is 9.59 Å². The summed E-state index contributed by atoms with van der Waals surface area (Å²) in [7, 11) is 1.48. The second kappa shape index (κ2) is 8.26. The normalized spacial score (nSPS) is 11.8. The summed E-state index contributed by atoms with van der Waals surface area (Å²) in [5.41, 5.74) is 1.63. The molecule has 0 saturated heterocycles. The van der Waals surface area contributed by atoms with Gasteiger partial charge in [-0.25, -0.2) is 0 Å². The molecule has 2 rings (SSSR count). The second-order valence-electron chi connectivity index (χ2n) is 5.69. The number of hydrogen-bond donors (Lipinski definition) is 2. The molecule has 0 heterocycles. The van der Waals surface area contributed by atoms with E-state index in [-0.39, 0.29) is 17.9 Å². The standard InChI is InChI=1S/C19H22N2O3/c1-13(2)20-18(22)15-11-7-8-12-16(15)21-19(23)17(24-3)14-9-5-4-6-10-14/h4-13,17H,1-3H3,(H,20,22)(H,21,23)/t17-/m0/s1. The van der Waals surface area contributed by atoms with Crippen molar-refractivity contribution in [1.82, 2.24) is 5.32 Å². The van der Waals surface area contributed by atoms with Crippen molar-refractivity contribution in [1.29, 1.82) is 0 Å². The Bertz CT molecular complexity index is 699. The van der Waals surface area contributed by atoms with E-state index >= 15 is 0 Å². The Morgan fingerprint density at radius 2 is 1.58 bits per heavy atom. The fourth-order valence-corrected chi connectivity index (χ4v) is 2.35. The van der Waals surface area contributed by atoms with Crippen LogP contribution in [0.3, 0.4) is 0 Å². The van der Waals surface area contributed by atoms with E-state index in [4.69, 9.17) is 4.74 Å². The molecule has 2 N–H and O–H groups in total. The number of methoxy groups -OCH3 is 1. The number of hydrogen-bond acceptors (Lipinski definition) is 3. The van der Waals surface area contributed by atoms with Gasteiger partial charge in [0.15, 0.2) is 6.10 Å². The highest BCUT2D eigenvalue weighted by Crippen LogP contribution is 2.21. The number of amides is 2. The van der Waals surface area contributed by atoms with E-state index < -0.39 is 6.10 Å². The molecule has 24 heavy (non-hydrogen) atoms. The van der Waals surface area contributed by atoms with Crippen molar-refractivity contribution in [2.75, 3.05) is 12.4 Å². The molecule has 0 aliphatic rings. The quantitative estimate of drug-likeness (QED) is 0.857. The van der Waals surface area contributed by atoms with Crippen LogP contribution in [-0.4, -0.2) is 25.0 Å². The summed E-state index contributed by atoms with van der Waals surface area (Å²) in [5, 5.41) is 5.62. The molecule has 126 valence electrons. The highest BCUT2D eigenvalue weighted by Gasteiger charge is 2.22. The molecular weight excluding hydrogens is 304 g/mol. The number of carbonyl (C=O) groups is 2. The highest BCUT2D eigenvalue weighted by molar-refractivity contribution is 6.04. The Labute approximate surface area is 142 Å². The molecule has 1 atom stereocenters. The van der Waals surface area contributed by atoms with Gasteiger partial charge in [0.2, 0.25) is 0 Å². The molecule has 0 fully saturated rings. The Balaban J connectivity index is 2.21. The van der Waals surface area contributed by atoms with Crippen LogP contribution in [0.25, 0.3) is 0 Å². The number of para-hydroxylation sites is 1. The Morgan fingerprint density at radius 3 is 2.21 bits per heavy atom. The molecule has 5 heteroatoms. The fourth-order valence-electron chi connectivity index (χ4n) is 2.35. The first kappa shape index (κ1) is 17.7. The number of carbonyl (C=O) groups excluding carboxylic acids is 2. The number of nitrogens with one attached hydrogen (secondary N) is 2. The minimum Gasteiger partial charge on any atom is -0.367 e. The highest BCUT2D eigenvalue weighted by atomic mass is 16.5. The Kier molecular flexibility index (Phi) is 6.09. The number of anilines is 1. The smallest absolute Gasteiger partial charge is 0.258 e. The van der Waals surface area contributed by atoms with Gasteiger partial charge in [0, 0.05) is 13.2 Å². The minimum absolute atomic E-state index is 0.0114. The summed E-state index contributed by atoms with van der Waals surface area (Å²) in [4.78, 5) is 24.8. The van der Waals surface area contributed by atoms with Gasteiger partial charge in [0.25, 0.3) is 11.8 Å². The molecule has 0 bridgehead atoms. The van der Waals surface area contributed by atoms with Crippen LogP contribution >= 0.6 is 0 Å². The first-order valence-corrected chi connectivity index (χ1v) is 7.81. The fraction of sp³-hybridized carbons (Fsp3) is 0.263. The molecule has 0 radical (unpaired) electrons. The predicted molar refractivity (Wildman–Crippen MR) is 93.9 cm³/mol. The third-order valence-electron chi connectivity index (χ3n) is 3.43. The first-order valence-electron chi connectivity index (χ1n) is 7.81.